The van der Waals surface area contributed by atoms with Crippen LogP contribution in [0.3, 0.4) is 0 Å². The Morgan fingerprint density at radius 3 is 2.59 bits per heavy atom. The third-order valence-electron chi connectivity index (χ3n) is 3.77. The molecule has 122 valence electrons. The minimum absolute atomic E-state index is 0.627. The van der Waals surface area contributed by atoms with Gasteiger partial charge in [-0.25, -0.2) is 4.99 Å². The van der Waals surface area contributed by atoms with Crippen LogP contribution in [0.4, 0.5) is 5.69 Å². The molecule has 2 nitrogen and oxygen atoms in total. The predicted octanol–water partition coefficient (Wildman–Crippen LogP) is 5.86. The molecule has 1 atom stereocenters. The summed E-state index contributed by atoms with van der Waals surface area (Å²) in [6.45, 7) is 12.4. The van der Waals surface area contributed by atoms with Crippen molar-refractivity contribution in [3.8, 4) is 0 Å². The summed E-state index contributed by atoms with van der Waals surface area (Å²) < 4.78 is 1.12. The summed E-state index contributed by atoms with van der Waals surface area (Å²) in [6, 6.07) is 6.94. The lowest BCUT2D eigenvalue weighted by molar-refractivity contribution is 0.279. The molecule has 0 amide bonds. The van der Waals surface area contributed by atoms with Gasteiger partial charge in [0.25, 0.3) is 0 Å². The molecule has 0 N–H and O–H groups in total. The molecule has 1 aliphatic rings. The van der Waals surface area contributed by atoms with E-state index in [0.717, 1.165) is 22.6 Å². The number of aryl methyl sites for hydroxylation is 1. The van der Waals surface area contributed by atoms with E-state index in [1.54, 1.807) is 0 Å². The van der Waals surface area contributed by atoms with Crippen molar-refractivity contribution >= 4 is 38.5 Å². The highest BCUT2D eigenvalue weighted by molar-refractivity contribution is 9.10. The van der Waals surface area contributed by atoms with Crippen LogP contribution in [-0.2, 0) is 0 Å². The van der Waals surface area contributed by atoms with Crippen molar-refractivity contribution in [2.75, 3.05) is 12.3 Å². The lowest BCUT2D eigenvalue weighted by Crippen LogP contribution is -2.37. The summed E-state index contributed by atoms with van der Waals surface area (Å²) in [4.78, 5) is 7.51. The standard InChI is InChI=1S/C18H27BrN2S/c1-12(2)8-16-11-22-18(21(16)10-13(3)4)20-17-7-6-15(19)9-14(17)5/h6-7,9,12-13,16H,8,10-11H2,1-5H3/t16-/m0/s1. The summed E-state index contributed by atoms with van der Waals surface area (Å²) in [5, 5.41) is 1.20. The van der Waals surface area contributed by atoms with Crippen molar-refractivity contribution in [2.24, 2.45) is 16.8 Å². The first-order valence-electron chi connectivity index (χ1n) is 8.11. The van der Waals surface area contributed by atoms with Gasteiger partial charge in [0.2, 0.25) is 0 Å². The Morgan fingerprint density at radius 2 is 2.00 bits per heavy atom. The number of amidine groups is 1. The molecule has 1 aliphatic heterocycles. The number of halogens is 1. The smallest absolute Gasteiger partial charge is 0.164 e. The lowest BCUT2D eigenvalue weighted by atomic mass is 10.0. The highest BCUT2D eigenvalue weighted by atomic mass is 79.9. The SMILES string of the molecule is Cc1cc(Br)ccc1N=C1SC[C@H](CC(C)C)N1CC(C)C. The molecule has 0 saturated carbocycles. The monoisotopic (exact) mass is 382 g/mol. The molecule has 0 radical (unpaired) electrons. The summed E-state index contributed by atoms with van der Waals surface area (Å²) in [6.07, 6.45) is 1.25. The number of benzene rings is 1. The second-order valence-electron chi connectivity index (χ2n) is 6.97. The van der Waals surface area contributed by atoms with Gasteiger partial charge in [0.05, 0.1) is 5.69 Å². The summed E-state index contributed by atoms with van der Waals surface area (Å²) in [5.74, 6) is 2.55. The quantitative estimate of drug-likeness (QED) is 0.632. The summed E-state index contributed by atoms with van der Waals surface area (Å²) in [7, 11) is 0. The number of hydrogen-bond donors (Lipinski definition) is 0. The minimum atomic E-state index is 0.627. The van der Waals surface area contributed by atoms with Gasteiger partial charge in [-0.2, -0.15) is 0 Å². The first-order chi connectivity index (χ1) is 10.4. The highest BCUT2D eigenvalue weighted by Gasteiger charge is 2.31. The maximum atomic E-state index is 4.98. The minimum Gasteiger partial charge on any atom is -0.347 e. The van der Waals surface area contributed by atoms with Crippen molar-refractivity contribution in [1.29, 1.82) is 0 Å². The van der Waals surface area contributed by atoms with E-state index in [-0.39, 0.29) is 0 Å². The van der Waals surface area contributed by atoms with Crippen LogP contribution in [0.5, 0.6) is 0 Å². The molecule has 1 saturated heterocycles. The average Bonchev–Trinajstić information content (AvgIpc) is 2.74. The molecule has 1 aromatic rings. The largest absolute Gasteiger partial charge is 0.347 e. The zero-order chi connectivity index (χ0) is 16.3. The Hall–Kier alpha value is -0.480. The zero-order valence-corrected chi connectivity index (χ0v) is 16.7. The van der Waals surface area contributed by atoms with E-state index >= 15 is 0 Å². The molecule has 0 aromatic heterocycles. The first-order valence-corrected chi connectivity index (χ1v) is 9.89. The van der Waals surface area contributed by atoms with Crippen molar-refractivity contribution in [3.05, 3.63) is 28.2 Å². The molecular weight excluding hydrogens is 356 g/mol. The summed E-state index contributed by atoms with van der Waals surface area (Å²) in [5.41, 5.74) is 2.31. The van der Waals surface area contributed by atoms with Gasteiger partial charge < -0.3 is 4.90 Å². The van der Waals surface area contributed by atoms with Crippen LogP contribution in [0.2, 0.25) is 0 Å². The van der Waals surface area contributed by atoms with Gasteiger partial charge >= 0.3 is 0 Å². The van der Waals surface area contributed by atoms with Crippen molar-refractivity contribution in [1.82, 2.24) is 4.90 Å². The Kier molecular flexibility index (Phi) is 6.39. The maximum absolute atomic E-state index is 4.98. The molecular formula is C18H27BrN2S. The van der Waals surface area contributed by atoms with E-state index in [1.807, 2.05) is 11.8 Å². The fraction of sp³-hybridized carbons (Fsp3) is 0.611. The van der Waals surface area contributed by atoms with Crippen LogP contribution >= 0.6 is 27.7 Å². The van der Waals surface area contributed by atoms with Gasteiger partial charge in [-0.1, -0.05) is 55.4 Å². The third-order valence-corrected chi connectivity index (χ3v) is 5.40. The predicted molar refractivity (Wildman–Crippen MR) is 103 cm³/mol. The molecule has 4 heteroatoms. The average molecular weight is 383 g/mol. The van der Waals surface area contributed by atoms with Gasteiger partial charge in [0, 0.05) is 22.8 Å². The number of aliphatic imine (C=N–C) groups is 1. The molecule has 1 fully saturated rings. The molecule has 0 unspecified atom stereocenters. The van der Waals surface area contributed by atoms with Crippen molar-refractivity contribution in [2.45, 2.75) is 47.1 Å². The van der Waals surface area contributed by atoms with Crippen LogP contribution in [0.15, 0.2) is 27.7 Å². The van der Waals surface area contributed by atoms with E-state index in [1.165, 1.54) is 22.9 Å². The Bertz CT molecular complexity index is 540. The summed E-state index contributed by atoms with van der Waals surface area (Å²) >= 11 is 5.44. The van der Waals surface area contributed by atoms with Gasteiger partial charge in [-0.05, 0) is 48.9 Å². The third kappa shape index (κ3) is 4.76. The number of thioether (sulfide) groups is 1. The van der Waals surface area contributed by atoms with Gasteiger partial charge in [-0.15, -0.1) is 0 Å². The molecule has 0 spiro atoms. The van der Waals surface area contributed by atoms with E-state index < -0.39 is 0 Å². The molecule has 0 aliphatic carbocycles. The van der Waals surface area contributed by atoms with Crippen molar-refractivity contribution in [3.63, 3.8) is 0 Å². The van der Waals surface area contributed by atoms with Crippen LogP contribution in [-0.4, -0.2) is 28.4 Å². The fourth-order valence-electron chi connectivity index (χ4n) is 2.80. The highest BCUT2D eigenvalue weighted by Crippen LogP contribution is 2.32. The van der Waals surface area contributed by atoms with E-state index in [0.29, 0.717) is 12.0 Å². The Morgan fingerprint density at radius 1 is 1.27 bits per heavy atom. The topological polar surface area (TPSA) is 15.6 Å². The van der Waals surface area contributed by atoms with Crippen molar-refractivity contribution < 1.29 is 0 Å². The van der Waals surface area contributed by atoms with Gasteiger partial charge in [0.1, 0.15) is 0 Å². The van der Waals surface area contributed by atoms with E-state index in [2.05, 4.69) is 73.6 Å². The number of hydrogen-bond acceptors (Lipinski definition) is 2. The number of rotatable bonds is 5. The Labute approximate surface area is 147 Å². The first kappa shape index (κ1) is 17.9. The maximum Gasteiger partial charge on any atom is 0.164 e. The van der Waals surface area contributed by atoms with Crippen LogP contribution in [0.1, 0.15) is 39.7 Å². The lowest BCUT2D eigenvalue weighted by Gasteiger charge is -2.29. The fourth-order valence-corrected chi connectivity index (χ4v) is 4.49. The van der Waals surface area contributed by atoms with Gasteiger partial charge in [-0.3, -0.25) is 0 Å². The molecule has 0 bridgehead atoms. The number of nitrogens with zero attached hydrogens (tertiary/aromatic N) is 2. The van der Waals surface area contributed by atoms with Crippen LogP contribution < -0.4 is 0 Å². The van der Waals surface area contributed by atoms with Gasteiger partial charge in [0.15, 0.2) is 5.17 Å². The molecule has 2 rings (SSSR count). The van der Waals surface area contributed by atoms with E-state index in [9.17, 15) is 0 Å². The van der Waals surface area contributed by atoms with Crippen LogP contribution in [0.25, 0.3) is 0 Å². The second kappa shape index (κ2) is 7.87. The zero-order valence-electron chi connectivity index (χ0n) is 14.3. The molecule has 1 heterocycles. The second-order valence-corrected chi connectivity index (χ2v) is 8.87. The van der Waals surface area contributed by atoms with E-state index in [4.69, 9.17) is 4.99 Å². The van der Waals surface area contributed by atoms with Crippen LogP contribution in [0, 0.1) is 18.8 Å². The Balaban J connectivity index is 2.25. The normalized spacial score (nSPS) is 20.6. The molecule has 22 heavy (non-hydrogen) atoms. The molecule has 1 aromatic carbocycles.